The second-order valence-electron chi connectivity index (χ2n) is 7.17. The molecule has 0 spiro atoms. The van der Waals surface area contributed by atoms with E-state index in [9.17, 15) is 9.59 Å². The predicted molar refractivity (Wildman–Crippen MR) is 113 cm³/mol. The van der Waals surface area contributed by atoms with Crippen LogP contribution in [0, 0.1) is 0 Å². The minimum atomic E-state index is -0.473. The largest absolute Gasteiger partial charge is 0.486 e. The highest BCUT2D eigenvalue weighted by atomic mass is 16.6. The van der Waals surface area contributed by atoms with Gasteiger partial charge >= 0.3 is 5.97 Å². The van der Waals surface area contributed by atoms with Crippen LogP contribution in [0.25, 0.3) is 10.8 Å². The average Bonchev–Trinajstić information content (AvgIpc) is 2.77. The van der Waals surface area contributed by atoms with Gasteiger partial charge in [0.2, 0.25) is 0 Å². The van der Waals surface area contributed by atoms with Crippen molar-refractivity contribution in [3.05, 3.63) is 71.8 Å². The molecule has 30 heavy (non-hydrogen) atoms. The van der Waals surface area contributed by atoms with Gasteiger partial charge in [-0.15, -0.1) is 0 Å². The molecule has 3 aromatic carbocycles. The van der Waals surface area contributed by atoms with E-state index in [1.54, 1.807) is 18.2 Å². The SMILES string of the molecule is C[C@@H](NC(=O)COC(=O)Cc1ccc2c(c1)OCCO2)c1cccc2ccccc12. The number of hydrogen-bond donors (Lipinski definition) is 1. The first-order chi connectivity index (χ1) is 14.6. The Balaban J connectivity index is 1.30. The molecule has 0 aromatic heterocycles. The third kappa shape index (κ3) is 4.54. The highest BCUT2D eigenvalue weighted by molar-refractivity contribution is 5.87. The van der Waals surface area contributed by atoms with Crippen LogP contribution in [-0.4, -0.2) is 31.7 Å². The number of carbonyl (C=O) groups excluding carboxylic acids is 2. The molecule has 4 rings (SSSR count). The molecule has 0 bridgehead atoms. The number of nitrogens with one attached hydrogen (secondary N) is 1. The van der Waals surface area contributed by atoms with Crippen molar-refractivity contribution >= 4 is 22.6 Å². The zero-order valence-electron chi connectivity index (χ0n) is 16.7. The quantitative estimate of drug-likeness (QED) is 0.635. The van der Waals surface area contributed by atoms with Gasteiger partial charge < -0.3 is 19.5 Å². The molecule has 0 fully saturated rings. The maximum atomic E-state index is 12.3. The van der Waals surface area contributed by atoms with Crippen LogP contribution in [-0.2, 0) is 20.7 Å². The summed E-state index contributed by atoms with van der Waals surface area (Å²) in [5.41, 5.74) is 1.76. The zero-order valence-corrected chi connectivity index (χ0v) is 16.7. The molecule has 1 atom stereocenters. The lowest BCUT2D eigenvalue weighted by atomic mass is 10.00. The molecule has 0 aliphatic carbocycles. The summed E-state index contributed by atoms with van der Waals surface area (Å²) >= 11 is 0. The number of esters is 1. The lowest BCUT2D eigenvalue weighted by molar-refractivity contribution is -0.148. The van der Waals surface area contributed by atoms with E-state index in [0.29, 0.717) is 24.7 Å². The summed E-state index contributed by atoms with van der Waals surface area (Å²) in [4.78, 5) is 24.4. The average molecular weight is 405 g/mol. The minimum absolute atomic E-state index is 0.0583. The topological polar surface area (TPSA) is 73.9 Å². The molecule has 1 aliphatic heterocycles. The van der Waals surface area contributed by atoms with Crippen molar-refractivity contribution in [3.63, 3.8) is 0 Å². The molecule has 0 radical (unpaired) electrons. The first-order valence-electron chi connectivity index (χ1n) is 9.91. The highest BCUT2D eigenvalue weighted by Gasteiger charge is 2.16. The molecule has 0 unspecified atom stereocenters. The molecule has 3 aromatic rings. The van der Waals surface area contributed by atoms with E-state index < -0.39 is 5.97 Å². The summed E-state index contributed by atoms with van der Waals surface area (Å²) in [6.07, 6.45) is 0.0583. The van der Waals surface area contributed by atoms with Crippen molar-refractivity contribution in [2.75, 3.05) is 19.8 Å². The van der Waals surface area contributed by atoms with E-state index in [1.807, 2.05) is 49.4 Å². The second-order valence-corrected chi connectivity index (χ2v) is 7.17. The Labute approximate surface area is 174 Å². The third-order valence-electron chi connectivity index (χ3n) is 4.99. The van der Waals surface area contributed by atoms with Crippen LogP contribution < -0.4 is 14.8 Å². The molecule has 6 heteroatoms. The monoisotopic (exact) mass is 405 g/mol. The summed E-state index contributed by atoms with van der Waals surface area (Å²) in [5, 5.41) is 5.10. The maximum absolute atomic E-state index is 12.3. The normalized spacial score (nSPS) is 13.5. The molecule has 1 aliphatic rings. The van der Waals surface area contributed by atoms with E-state index in [0.717, 1.165) is 21.9 Å². The van der Waals surface area contributed by atoms with Crippen LogP contribution in [0.2, 0.25) is 0 Å². The van der Waals surface area contributed by atoms with Crippen molar-refractivity contribution in [1.29, 1.82) is 0 Å². The summed E-state index contributed by atoms with van der Waals surface area (Å²) in [6.45, 7) is 2.59. The Morgan fingerprint density at radius 1 is 1.00 bits per heavy atom. The van der Waals surface area contributed by atoms with E-state index in [2.05, 4.69) is 5.32 Å². The molecule has 6 nitrogen and oxygen atoms in total. The van der Waals surface area contributed by atoms with Gasteiger partial charge in [-0.2, -0.15) is 0 Å². The molecule has 1 heterocycles. The van der Waals surface area contributed by atoms with Gasteiger partial charge in [0.25, 0.3) is 5.91 Å². The van der Waals surface area contributed by atoms with E-state index in [1.165, 1.54) is 0 Å². The fraction of sp³-hybridized carbons (Fsp3) is 0.250. The Morgan fingerprint density at radius 3 is 2.63 bits per heavy atom. The van der Waals surface area contributed by atoms with Gasteiger partial charge in [-0.05, 0) is 41.0 Å². The first kappa shape index (κ1) is 19.8. The van der Waals surface area contributed by atoms with E-state index >= 15 is 0 Å². The van der Waals surface area contributed by atoms with Crippen LogP contribution in [0.3, 0.4) is 0 Å². The zero-order chi connectivity index (χ0) is 20.9. The summed E-state index contributed by atoms with van der Waals surface area (Å²) in [6, 6.07) is 19.1. The van der Waals surface area contributed by atoms with Gasteiger partial charge in [-0.1, -0.05) is 48.5 Å². The van der Waals surface area contributed by atoms with Crippen LogP contribution in [0.5, 0.6) is 11.5 Å². The van der Waals surface area contributed by atoms with Crippen molar-refractivity contribution < 1.29 is 23.8 Å². The Kier molecular flexibility index (Phi) is 5.84. The molecule has 0 saturated heterocycles. The lowest BCUT2D eigenvalue weighted by Gasteiger charge is -2.18. The second kappa shape index (κ2) is 8.86. The van der Waals surface area contributed by atoms with Gasteiger partial charge in [0.05, 0.1) is 12.5 Å². The molecular formula is C24H23NO5. The van der Waals surface area contributed by atoms with E-state index in [4.69, 9.17) is 14.2 Å². The summed E-state index contributed by atoms with van der Waals surface area (Å²) < 4.78 is 16.1. The van der Waals surface area contributed by atoms with Crippen LogP contribution in [0.4, 0.5) is 0 Å². The molecule has 1 N–H and O–H groups in total. The smallest absolute Gasteiger partial charge is 0.310 e. The van der Waals surface area contributed by atoms with Crippen molar-refractivity contribution in [2.45, 2.75) is 19.4 Å². The molecule has 1 amide bonds. The molecule has 0 saturated carbocycles. The van der Waals surface area contributed by atoms with Crippen molar-refractivity contribution in [2.24, 2.45) is 0 Å². The van der Waals surface area contributed by atoms with Crippen molar-refractivity contribution in [3.8, 4) is 11.5 Å². The van der Waals surface area contributed by atoms with Gasteiger partial charge in [0, 0.05) is 0 Å². The van der Waals surface area contributed by atoms with Crippen LogP contribution >= 0.6 is 0 Å². The standard InChI is InChI=1S/C24H23NO5/c1-16(19-8-4-6-18-5-2-3-7-20(18)19)25-23(26)15-30-24(27)14-17-9-10-21-22(13-17)29-12-11-28-21/h2-10,13,16H,11-12,14-15H2,1H3,(H,25,26)/t16-/m1/s1. The number of amides is 1. The third-order valence-corrected chi connectivity index (χ3v) is 4.99. The fourth-order valence-corrected chi connectivity index (χ4v) is 3.55. The number of ether oxygens (including phenoxy) is 3. The van der Waals surface area contributed by atoms with Crippen LogP contribution in [0.15, 0.2) is 60.7 Å². The maximum Gasteiger partial charge on any atom is 0.310 e. The highest BCUT2D eigenvalue weighted by Crippen LogP contribution is 2.31. The fourth-order valence-electron chi connectivity index (χ4n) is 3.55. The predicted octanol–water partition coefficient (Wildman–Crippen LogP) is 3.57. The van der Waals surface area contributed by atoms with Gasteiger partial charge in [0.15, 0.2) is 18.1 Å². The Bertz CT molecular complexity index is 1070. The Morgan fingerprint density at radius 2 is 1.77 bits per heavy atom. The first-order valence-corrected chi connectivity index (χ1v) is 9.91. The molecular weight excluding hydrogens is 382 g/mol. The Hall–Kier alpha value is -3.54. The number of carbonyl (C=O) groups is 2. The minimum Gasteiger partial charge on any atom is -0.486 e. The van der Waals surface area contributed by atoms with Gasteiger partial charge in [-0.3, -0.25) is 9.59 Å². The van der Waals surface area contributed by atoms with Crippen molar-refractivity contribution in [1.82, 2.24) is 5.32 Å². The van der Waals surface area contributed by atoms with Gasteiger partial charge in [0.1, 0.15) is 13.2 Å². The van der Waals surface area contributed by atoms with Crippen LogP contribution in [0.1, 0.15) is 24.1 Å². The number of benzene rings is 3. The molecule has 154 valence electrons. The number of rotatable bonds is 6. The number of hydrogen-bond acceptors (Lipinski definition) is 5. The lowest BCUT2D eigenvalue weighted by Crippen LogP contribution is -2.31. The summed E-state index contributed by atoms with van der Waals surface area (Å²) in [7, 11) is 0. The number of fused-ring (bicyclic) bond motifs is 2. The summed E-state index contributed by atoms with van der Waals surface area (Å²) in [5.74, 6) is 0.471. The van der Waals surface area contributed by atoms with E-state index in [-0.39, 0.29) is 25.0 Å². The van der Waals surface area contributed by atoms with Gasteiger partial charge in [-0.25, -0.2) is 0 Å².